The van der Waals surface area contributed by atoms with Crippen molar-refractivity contribution in [3.63, 3.8) is 0 Å². The van der Waals surface area contributed by atoms with Gasteiger partial charge in [0.15, 0.2) is 11.6 Å². The normalized spacial score (nSPS) is 21.9. The van der Waals surface area contributed by atoms with Crippen LogP contribution < -0.4 is 15.4 Å². The largest absolute Gasteiger partial charge is 0.485 e. The molecule has 2 fully saturated rings. The standard InChI is InChI=1S/C20H24N6O2/c1-12-7-16(10-21-12)28-17-11-22-25(2)19(17)14-5-6-26-15(8-14)9-18(24-26)23-20(27)13-3-4-13/h5-6,8-9,11-13,16,21H,3-4,7,10H2,1-2H3,(H,23,24,27)/t12-,16-/m0/s1. The van der Waals surface area contributed by atoms with Crippen molar-refractivity contribution in [1.82, 2.24) is 24.7 Å². The molecule has 1 amide bonds. The topological polar surface area (TPSA) is 85.5 Å². The van der Waals surface area contributed by atoms with Gasteiger partial charge in [0.1, 0.15) is 11.8 Å². The summed E-state index contributed by atoms with van der Waals surface area (Å²) in [5.41, 5.74) is 2.85. The van der Waals surface area contributed by atoms with Gasteiger partial charge >= 0.3 is 0 Å². The summed E-state index contributed by atoms with van der Waals surface area (Å²) in [5.74, 6) is 1.59. The number of hydrogen-bond donors (Lipinski definition) is 2. The van der Waals surface area contributed by atoms with Crippen LogP contribution in [-0.2, 0) is 11.8 Å². The molecular formula is C20H24N6O2. The van der Waals surface area contributed by atoms with Crippen molar-refractivity contribution in [2.75, 3.05) is 11.9 Å². The second-order valence-electron chi connectivity index (χ2n) is 7.84. The maximum Gasteiger partial charge on any atom is 0.228 e. The number of carbonyl (C=O) groups is 1. The van der Waals surface area contributed by atoms with E-state index in [1.165, 1.54) is 0 Å². The van der Waals surface area contributed by atoms with Gasteiger partial charge in [-0.05, 0) is 31.9 Å². The lowest BCUT2D eigenvalue weighted by atomic mass is 10.1. The lowest BCUT2D eigenvalue weighted by molar-refractivity contribution is -0.117. The van der Waals surface area contributed by atoms with Gasteiger partial charge in [0, 0.05) is 49.8 Å². The van der Waals surface area contributed by atoms with Crippen LogP contribution in [0.2, 0.25) is 0 Å². The minimum Gasteiger partial charge on any atom is -0.485 e. The van der Waals surface area contributed by atoms with Crippen molar-refractivity contribution < 1.29 is 9.53 Å². The van der Waals surface area contributed by atoms with Crippen LogP contribution in [0.1, 0.15) is 26.2 Å². The molecule has 0 spiro atoms. The molecule has 2 N–H and O–H groups in total. The van der Waals surface area contributed by atoms with E-state index in [2.05, 4.69) is 27.8 Å². The lowest BCUT2D eigenvalue weighted by Crippen LogP contribution is -2.20. The van der Waals surface area contributed by atoms with E-state index in [1.54, 1.807) is 10.7 Å². The zero-order chi connectivity index (χ0) is 19.3. The van der Waals surface area contributed by atoms with Crippen molar-refractivity contribution in [3.05, 3.63) is 30.6 Å². The molecule has 0 aromatic carbocycles. The fourth-order valence-electron chi connectivity index (χ4n) is 3.77. The zero-order valence-corrected chi connectivity index (χ0v) is 16.1. The van der Waals surface area contributed by atoms with E-state index in [0.29, 0.717) is 11.9 Å². The highest BCUT2D eigenvalue weighted by Crippen LogP contribution is 2.33. The van der Waals surface area contributed by atoms with Crippen LogP contribution in [-0.4, -0.2) is 44.0 Å². The van der Waals surface area contributed by atoms with Crippen LogP contribution in [0, 0.1) is 5.92 Å². The van der Waals surface area contributed by atoms with Crippen molar-refractivity contribution in [1.29, 1.82) is 0 Å². The Morgan fingerprint density at radius 1 is 1.36 bits per heavy atom. The van der Waals surface area contributed by atoms with E-state index in [4.69, 9.17) is 4.74 Å². The number of carbonyl (C=O) groups excluding carboxylic acids is 1. The molecule has 0 radical (unpaired) electrons. The Balaban J connectivity index is 1.42. The summed E-state index contributed by atoms with van der Waals surface area (Å²) in [7, 11) is 1.92. The SMILES string of the molecule is C[C@H]1C[C@H](Oc2cnn(C)c2-c2ccn3nc(NC(=O)C4CC4)cc3c2)CN1. The van der Waals surface area contributed by atoms with E-state index in [-0.39, 0.29) is 17.9 Å². The van der Waals surface area contributed by atoms with Crippen LogP contribution in [0.25, 0.3) is 16.8 Å². The van der Waals surface area contributed by atoms with Gasteiger partial charge in [0.25, 0.3) is 0 Å². The summed E-state index contributed by atoms with van der Waals surface area (Å²) < 4.78 is 9.83. The quantitative estimate of drug-likeness (QED) is 0.709. The second-order valence-corrected chi connectivity index (χ2v) is 7.84. The molecule has 0 unspecified atom stereocenters. The number of fused-ring (bicyclic) bond motifs is 1. The predicted octanol–water partition coefficient (Wildman–Crippen LogP) is 2.21. The number of aryl methyl sites for hydroxylation is 1. The van der Waals surface area contributed by atoms with Gasteiger partial charge in [-0.1, -0.05) is 0 Å². The molecule has 8 heteroatoms. The third-order valence-corrected chi connectivity index (χ3v) is 5.45. The predicted molar refractivity (Wildman–Crippen MR) is 105 cm³/mol. The number of hydrogen-bond acceptors (Lipinski definition) is 5. The van der Waals surface area contributed by atoms with Gasteiger partial charge in [-0.25, -0.2) is 4.52 Å². The van der Waals surface area contributed by atoms with Gasteiger partial charge in [-0.3, -0.25) is 9.48 Å². The van der Waals surface area contributed by atoms with Crippen molar-refractivity contribution in [2.45, 2.75) is 38.3 Å². The van der Waals surface area contributed by atoms with Crippen molar-refractivity contribution in [3.8, 4) is 17.0 Å². The van der Waals surface area contributed by atoms with E-state index in [1.807, 2.05) is 36.1 Å². The molecule has 1 aliphatic carbocycles. The first-order valence-corrected chi connectivity index (χ1v) is 9.79. The summed E-state index contributed by atoms with van der Waals surface area (Å²) in [6.45, 7) is 3.02. The highest BCUT2D eigenvalue weighted by Gasteiger charge is 2.30. The van der Waals surface area contributed by atoms with Crippen LogP contribution in [0.5, 0.6) is 5.75 Å². The summed E-state index contributed by atoms with van der Waals surface area (Å²) in [6.07, 6.45) is 6.76. The molecule has 1 saturated carbocycles. The first kappa shape index (κ1) is 17.2. The molecule has 3 aromatic rings. The Labute approximate surface area is 162 Å². The average Bonchev–Trinajstić information content (AvgIpc) is 3.19. The van der Waals surface area contributed by atoms with Crippen molar-refractivity contribution >= 4 is 17.2 Å². The Kier molecular flexibility index (Phi) is 4.08. The molecule has 2 aliphatic rings. The van der Waals surface area contributed by atoms with Gasteiger partial charge in [0.2, 0.25) is 5.91 Å². The third kappa shape index (κ3) is 3.24. The summed E-state index contributed by atoms with van der Waals surface area (Å²) in [6, 6.07) is 6.39. The zero-order valence-electron chi connectivity index (χ0n) is 16.1. The van der Waals surface area contributed by atoms with Gasteiger partial charge in [0.05, 0.1) is 11.7 Å². The smallest absolute Gasteiger partial charge is 0.228 e. The molecule has 1 saturated heterocycles. The number of rotatable bonds is 5. The lowest BCUT2D eigenvalue weighted by Gasteiger charge is -2.13. The van der Waals surface area contributed by atoms with Crippen LogP contribution >= 0.6 is 0 Å². The number of pyridine rings is 1. The number of anilines is 1. The monoisotopic (exact) mass is 380 g/mol. The highest BCUT2D eigenvalue weighted by atomic mass is 16.5. The second kappa shape index (κ2) is 6.63. The number of ether oxygens (including phenoxy) is 1. The Bertz CT molecular complexity index is 1030. The molecule has 0 bridgehead atoms. The van der Waals surface area contributed by atoms with E-state index >= 15 is 0 Å². The molecule has 3 aromatic heterocycles. The van der Waals surface area contributed by atoms with Gasteiger partial charge in [-0.15, -0.1) is 0 Å². The molecule has 5 rings (SSSR count). The fourth-order valence-corrected chi connectivity index (χ4v) is 3.77. The molecule has 2 atom stereocenters. The molecule has 146 valence electrons. The number of nitrogens with one attached hydrogen (secondary N) is 2. The van der Waals surface area contributed by atoms with E-state index < -0.39 is 0 Å². The highest BCUT2D eigenvalue weighted by molar-refractivity contribution is 5.93. The van der Waals surface area contributed by atoms with Crippen LogP contribution in [0.4, 0.5) is 5.82 Å². The van der Waals surface area contributed by atoms with Crippen molar-refractivity contribution in [2.24, 2.45) is 13.0 Å². The number of nitrogens with zero attached hydrogens (tertiary/aromatic N) is 4. The Morgan fingerprint density at radius 2 is 2.21 bits per heavy atom. The van der Waals surface area contributed by atoms with Gasteiger partial charge in [-0.2, -0.15) is 10.2 Å². The third-order valence-electron chi connectivity index (χ3n) is 5.45. The maximum absolute atomic E-state index is 12.0. The minimum atomic E-state index is 0.0605. The minimum absolute atomic E-state index is 0.0605. The Morgan fingerprint density at radius 3 is 2.96 bits per heavy atom. The first-order chi connectivity index (χ1) is 13.6. The number of amides is 1. The average molecular weight is 380 g/mol. The number of aromatic nitrogens is 4. The molecule has 8 nitrogen and oxygen atoms in total. The van der Waals surface area contributed by atoms with Gasteiger partial charge < -0.3 is 15.4 Å². The van der Waals surface area contributed by atoms with E-state index in [0.717, 1.165) is 48.3 Å². The first-order valence-electron chi connectivity index (χ1n) is 9.79. The summed E-state index contributed by atoms with van der Waals surface area (Å²) in [4.78, 5) is 12.0. The van der Waals surface area contributed by atoms with E-state index in [9.17, 15) is 4.79 Å². The maximum atomic E-state index is 12.0. The summed E-state index contributed by atoms with van der Waals surface area (Å²) in [5, 5.41) is 15.2. The van der Waals surface area contributed by atoms with Crippen LogP contribution in [0.15, 0.2) is 30.6 Å². The van der Waals surface area contributed by atoms with Crippen LogP contribution in [0.3, 0.4) is 0 Å². The Hall–Kier alpha value is -2.87. The molecule has 4 heterocycles. The molecule has 28 heavy (non-hydrogen) atoms. The molecule has 1 aliphatic heterocycles. The summed E-state index contributed by atoms with van der Waals surface area (Å²) >= 11 is 0. The fraction of sp³-hybridized carbons (Fsp3) is 0.450. The molecular weight excluding hydrogens is 356 g/mol.